The van der Waals surface area contributed by atoms with E-state index >= 15 is 0 Å². The van der Waals surface area contributed by atoms with Gasteiger partial charge in [0.1, 0.15) is 5.56 Å². The van der Waals surface area contributed by atoms with E-state index in [1.165, 1.54) is 22.8 Å². The molecular formula is C18H19F3N2O2. The summed E-state index contributed by atoms with van der Waals surface area (Å²) in [7, 11) is 1.60. The summed E-state index contributed by atoms with van der Waals surface area (Å²) in [6.45, 7) is 3.92. The van der Waals surface area contributed by atoms with Crippen molar-refractivity contribution in [2.75, 3.05) is 0 Å². The molecular weight excluding hydrogens is 333 g/mol. The number of rotatable bonds is 4. The van der Waals surface area contributed by atoms with Crippen molar-refractivity contribution >= 4 is 5.91 Å². The lowest BCUT2D eigenvalue weighted by molar-refractivity contribution is -0.137. The highest BCUT2D eigenvalue weighted by Gasteiger charge is 2.29. The molecule has 0 saturated heterocycles. The number of hydrogen-bond donors (Lipinski definition) is 1. The van der Waals surface area contributed by atoms with Crippen LogP contribution < -0.4 is 10.9 Å². The van der Waals surface area contributed by atoms with Crippen LogP contribution in [0.5, 0.6) is 0 Å². The van der Waals surface area contributed by atoms with Crippen LogP contribution in [0.4, 0.5) is 13.2 Å². The maximum absolute atomic E-state index is 12.5. The zero-order chi connectivity index (χ0) is 18.8. The highest BCUT2D eigenvalue weighted by atomic mass is 19.4. The largest absolute Gasteiger partial charge is 0.416 e. The lowest BCUT2D eigenvalue weighted by Gasteiger charge is -2.13. The fourth-order valence-electron chi connectivity index (χ4n) is 2.49. The Balaban J connectivity index is 2.11. The Kier molecular flexibility index (Phi) is 5.35. The highest BCUT2D eigenvalue weighted by molar-refractivity contribution is 5.93. The first-order valence-electron chi connectivity index (χ1n) is 7.75. The van der Waals surface area contributed by atoms with E-state index in [0.29, 0.717) is 5.56 Å². The molecule has 4 nitrogen and oxygen atoms in total. The summed E-state index contributed by atoms with van der Waals surface area (Å²) >= 11 is 0. The van der Waals surface area contributed by atoms with Crippen molar-refractivity contribution in [3.8, 4) is 0 Å². The van der Waals surface area contributed by atoms with Gasteiger partial charge in [-0.05, 0) is 35.7 Å². The van der Waals surface area contributed by atoms with Gasteiger partial charge < -0.3 is 9.88 Å². The van der Waals surface area contributed by atoms with Gasteiger partial charge in [0.25, 0.3) is 11.5 Å². The van der Waals surface area contributed by atoms with Crippen molar-refractivity contribution in [1.82, 2.24) is 9.88 Å². The molecule has 1 N–H and O–H groups in total. The summed E-state index contributed by atoms with van der Waals surface area (Å²) in [6.07, 6.45) is -4.40. The second-order valence-electron chi connectivity index (χ2n) is 6.07. The predicted octanol–water partition coefficient (Wildman–Crippen LogP) is 3.46. The molecule has 134 valence electrons. The van der Waals surface area contributed by atoms with E-state index in [-0.39, 0.29) is 18.0 Å². The van der Waals surface area contributed by atoms with Crippen LogP contribution in [0.3, 0.4) is 0 Å². The summed E-state index contributed by atoms with van der Waals surface area (Å²) in [4.78, 5) is 24.5. The Labute approximate surface area is 143 Å². The molecule has 2 rings (SSSR count). The van der Waals surface area contributed by atoms with Crippen LogP contribution in [-0.4, -0.2) is 10.5 Å². The Morgan fingerprint density at radius 3 is 2.24 bits per heavy atom. The quantitative estimate of drug-likeness (QED) is 0.916. The predicted molar refractivity (Wildman–Crippen MR) is 88.4 cm³/mol. The normalized spacial score (nSPS) is 11.6. The maximum Gasteiger partial charge on any atom is 0.416 e. The van der Waals surface area contributed by atoms with Gasteiger partial charge in [-0.25, -0.2) is 0 Å². The number of pyridine rings is 1. The van der Waals surface area contributed by atoms with Gasteiger partial charge >= 0.3 is 6.18 Å². The summed E-state index contributed by atoms with van der Waals surface area (Å²) < 4.78 is 39.0. The molecule has 2 aromatic rings. The fraction of sp³-hybridized carbons (Fsp3) is 0.333. The zero-order valence-corrected chi connectivity index (χ0v) is 14.1. The summed E-state index contributed by atoms with van der Waals surface area (Å²) in [6, 6.07) is 7.70. The van der Waals surface area contributed by atoms with Gasteiger partial charge in [-0.2, -0.15) is 13.2 Å². The maximum atomic E-state index is 12.5. The van der Waals surface area contributed by atoms with Crippen molar-refractivity contribution in [1.29, 1.82) is 0 Å². The highest BCUT2D eigenvalue weighted by Crippen LogP contribution is 2.29. The minimum atomic E-state index is -4.40. The number of carbonyl (C=O) groups excluding carboxylic acids is 1. The number of benzene rings is 1. The number of aromatic nitrogens is 1. The number of hydrogen-bond acceptors (Lipinski definition) is 2. The Morgan fingerprint density at radius 1 is 1.12 bits per heavy atom. The van der Waals surface area contributed by atoms with Crippen LogP contribution in [0.15, 0.2) is 41.2 Å². The van der Waals surface area contributed by atoms with E-state index in [4.69, 9.17) is 0 Å². The van der Waals surface area contributed by atoms with Gasteiger partial charge in [-0.3, -0.25) is 9.59 Å². The van der Waals surface area contributed by atoms with Crippen LogP contribution in [0.1, 0.15) is 46.9 Å². The molecule has 0 aliphatic rings. The van der Waals surface area contributed by atoms with Gasteiger partial charge in [0.15, 0.2) is 0 Å². The van der Waals surface area contributed by atoms with Gasteiger partial charge in [0, 0.05) is 19.3 Å². The Bertz CT molecular complexity index is 822. The average Bonchev–Trinajstić information content (AvgIpc) is 2.54. The summed E-state index contributed by atoms with van der Waals surface area (Å²) in [5, 5.41) is 2.56. The van der Waals surface area contributed by atoms with E-state index in [1.54, 1.807) is 13.1 Å². The molecule has 0 atom stereocenters. The van der Waals surface area contributed by atoms with Crippen molar-refractivity contribution in [3.63, 3.8) is 0 Å². The third-order valence-electron chi connectivity index (χ3n) is 3.91. The van der Waals surface area contributed by atoms with Gasteiger partial charge in [-0.15, -0.1) is 0 Å². The van der Waals surface area contributed by atoms with E-state index in [1.807, 2.05) is 13.8 Å². The second kappa shape index (κ2) is 7.13. The van der Waals surface area contributed by atoms with E-state index in [9.17, 15) is 22.8 Å². The van der Waals surface area contributed by atoms with Crippen molar-refractivity contribution in [3.05, 3.63) is 69.1 Å². The van der Waals surface area contributed by atoms with Gasteiger partial charge in [0.2, 0.25) is 0 Å². The number of alkyl halides is 3. The lowest BCUT2D eigenvalue weighted by atomic mass is 10.1. The lowest BCUT2D eigenvalue weighted by Crippen LogP contribution is -2.33. The van der Waals surface area contributed by atoms with E-state index < -0.39 is 23.2 Å². The number of nitrogens with zero attached hydrogens (tertiary/aromatic N) is 1. The number of nitrogens with one attached hydrogen (secondary N) is 1. The molecule has 0 aliphatic heterocycles. The first-order valence-corrected chi connectivity index (χ1v) is 7.75. The minimum Gasteiger partial charge on any atom is -0.348 e. The monoisotopic (exact) mass is 352 g/mol. The standard InChI is InChI=1S/C18H19F3N2O2/c1-11(2)15-9-8-14(17(25)23(15)3)16(24)22-10-12-4-6-13(7-5-12)18(19,20)21/h4-9,11H,10H2,1-3H3,(H,22,24). The van der Waals surface area contributed by atoms with Crippen molar-refractivity contribution in [2.45, 2.75) is 32.5 Å². The summed E-state index contributed by atoms with van der Waals surface area (Å²) in [5.74, 6) is -0.419. The molecule has 0 saturated carbocycles. The molecule has 1 heterocycles. The third kappa shape index (κ3) is 4.29. The molecule has 0 fully saturated rings. The van der Waals surface area contributed by atoms with Crippen LogP contribution in [-0.2, 0) is 19.8 Å². The van der Waals surface area contributed by atoms with Crippen molar-refractivity contribution in [2.24, 2.45) is 7.05 Å². The fourth-order valence-corrected chi connectivity index (χ4v) is 2.49. The molecule has 0 bridgehead atoms. The van der Waals surface area contributed by atoms with Gasteiger partial charge in [0.05, 0.1) is 5.56 Å². The van der Waals surface area contributed by atoms with Crippen molar-refractivity contribution < 1.29 is 18.0 Å². The zero-order valence-electron chi connectivity index (χ0n) is 14.1. The SMILES string of the molecule is CC(C)c1ccc(C(=O)NCc2ccc(C(F)(F)F)cc2)c(=O)n1C. The van der Waals surface area contributed by atoms with Crippen LogP contribution in [0, 0.1) is 0 Å². The molecule has 25 heavy (non-hydrogen) atoms. The van der Waals surface area contributed by atoms with Crippen LogP contribution in [0.2, 0.25) is 0 Å². The van der Waals surface area contributed by atoms with Crippen LogP contribution >= 0.6 is 0 Å². The molecule has 7 heteroatoms. The summed E-state index contributed by atoms with van der Waals surface area (Å²) in [5.41, 5.74) is 0.164. The molecule has 1 aromatic carbocycles. The second-order valence-corrected chi connectivity index (χ2v) is 6.07. The number of carbonyl (C=O) groups is 1. The van der Waals surface area contributed by atoms with E-state index in [0.717, 1.165) is 17.8 Å². The number of halogens is 3. The Morgan fingerprint density at radius 2 is 1.72 bits per heavy atom. The third-order valence-corrected chi connectivity index (χ3v) is 3.91. The Hall–Kier alpha value is -2.57. The average molecular weight is 352 g/mol. The topological polar surface area (TPSA) is 51.1 Å². The van der Waals surface area contributed by atoms with Crippen LogP contribution in [0.25, 0.3) is 0 Å². The first kappa shape index (κ1) is 18.8. The molecule has 0 unspecified atom stereocenters. The molecule has 1 aromatic heterocycles. The minimum absolute atomic E-state index is 0.00110. The number of amides is 1. The molecule has 0 aliphatic carbocycles. The smallest absolute Gasteiger partial charge is 0.348 e. The first-order chi connectivity index (χ1) is 11.6. The van der Waals surface area contributed by atoms with E-state index in [2.05, 4.69) is 5.32 Å². The molecule has 0 radical (unpaired) electrons. The molecule has 1 amide bonds. The van der Waals surface area contributed by atoms with Gasteiger partial charge in [-0.1, -0.05) is 26.0 Å². The molecule has 0 spiro atoms.